The Morgan fingerprint density at radius 3 is 2.83 bits per heavy atom. The molecule has 6 nitrogen and oxygen atoms in total. The number of nitrogens with zero attached hydrogens (tertiary/aromatic N) is 2. The molecule has 0 amide bonds. The molecule has 0 aliphatic carbocycles. The summed E-state index contributed by atoms with van der Waals surface area (Å²) in [5.74, 6) is 1.93. The highest BCUT2D eigenvalue weighted by atomic mass is 127. The van der Waals surface area contributed by atoms with Crippen molar-refractivity contribution < 1.29 is 9.84 Å². The van der Waals surface area contributed by atoms with Gasteiger partial charge in [0, 0.05) is 29.6 Å². The van der Waals surface area contributed by atoms with Crippen molar-refractivity contribution >= 4 is 41.3 Å². The fraction of sp³-hybridized carbons (Fsp3) is 0.500. The minimum absolute atomic E-state index is 0. The second-order valence-electron chi connectivity index (χ2n) is 7.39. The molecule has 1 fully saturated rings. The third kappa shape index (κ3) is 6.24. The minimum Gasteiger partial charge on any atom is -0.504 e. The molecule has 8 heteroatoms. The molecule has 1 saturated heterocycles. The molecule has 1 aromatic heterocycles. The summed E-state index contributed by atoms with van der Waals surface area (Å²) < 4.78 is 5.19. The molecule has 1 aromatic carbocycles. The zero-order chi connectivity index (χ0) is 20.6. The molecule has 30 heavy (non-hydrogen) atoms. The third-order valence-corrected chi connectivity index (χ3v) is 6.37. The number of phenolic OH excluding ortho intramolecular Hbond substituents is 1. The molecule has 1 aliphatic rings. The first-order valence-electron chi connectivity index (χ1n) is 10.2. The summed E-state index contributed by atoms with van der Waals surface area (Å²) in [6.45, 7) is 5.24. The number of nitrogens with one attached hydrogen (secondary N) is 2. The Kier molecular flexibility index (Phi) is 10.2. The number of halogens is 1. The van der Waals surface area contributed by atoms with Crippen molar-refractivity contribution in [1.82, 2.24) is 15.5 Å². The van der Waals surface area contributed by atoms with E-state index in [4.69, 9.17) is 4.74 Å². The van der Waals surface area contributed by atoms with Crippen molar-refractivity contribution in [1.29, 1.82) is 0 Å². The average molecular weight is 545 g/mol. The van der Waals surface area contributed by atoms with Crippen LogP contribution < -0.4 is 15.4 Å². The van der Waals surface area contributed by atoms with E-state index in [2.05, 4.69) is 52.0 Å². The molecular weight excluding hydrogens is 511 g/mol. The number of likely N-dealkylation sites (tertiary alicyclic amines) is 1. The largest absolute Gasteiger partial charge is 0.504 e. The maximum absolute atomic E-state index is 10.3. The average Bonchev–Trinajstić information content (AvgIpc) is 3.25. The van der Waals surface area contributed by atoms with E-state index in [1.807, 2.05) is 23.5 Å². The van der Waals surface area contributed by atoms with Crippen LogP contribution in [0.4, 0.5) is 0 Å². The first kappa shape index (κ1) is 24.7. The predicted octanol–water partition coefficient (Wildman–Crippen LogP) is 4.22. The van der Waals surface area contributed by atoms with Crippen LogP contribution in [-0.4, -0.2) is 49.8 Å². The number of phenols is 1. The smallest absolute Gasteiger partial charge is 0.191 e. The van der Waals surface area contributed by atoms with E-state index >= 15 is 0 Å². The highest BCUT2D eigenvalue weighted by Crippen LogP contribution is 2.36. The van der Waals surface area contributed by atoms with Crippen LogP contribution in [0.5, 0.6) is 11.5 Å². The lowest BCUT2D eigenvalue weighted by Crippen LogP contribution is -2.44. The van der Waals surface area contributed by atoms with Crippen molar-refractivity contribution in [3.8, 4) is 11.5 Å². The summed E-state index contributed by atoms with van der Waals surface area (Å²) in [5, 5.41) is 19.3. The van der Waals surface area contributed by atoms with Gasteiger partial charge in [-0.25, -0.2) is 4.99 Å². The van der Waals surface area contributed by atoms with Gasteiger partial charge in [-0.1, -0.05) is 18.2 Å². The summed E-state index contributed by atoms with van der Waals surface area (Å²) in [6, 6.07) is 10.3. The van der Waals surface area contributed by atoms with E-state index in [1.54, 1.807) is 13.2 Å². The molecule has 2 atom stereocenters. The lowest BCUT2D eigenvalue weighted by Gasteiger charge is -2.39. The number of methoxy groups -OCH3 is 1. The van der Waals surface area contributed by atoms with E-state index < -0.39 is 0 Å². The van der Waals surface area contributed by atoms with Gasteiger partial charge in [0.2, 0.25) is 0 Å². The monoisotopic (exact) mass is 544 g/mol. The van der Waals surface area contributed by atoms with Gasteiger partial charge in [0.15, 0.2) is 17.5 Å². The van der Waals surface area contributed by atoms with Crippen LogP contribution in [0, 0.1) is 5.92 Å². The van der Waals surface area contributed by atoms with Crippen LogP contribution in [0.15, 0.2) is 40.7 Å². The van der Waals surface area contributed by atoms with Crippen molar-refractivity contribution in [3.05, 3.63) is 46.2 Å². The van der Waals surface area contributed by atoms with E-state index in [-0.39, 0.29) is 29.7 Å². The predicted molar refractivity (Wildman–Crippen MR) is 135 cm³/mol. The van der Waals surface area contributed by atoms with Crippen LogP contribution in [0.2, 0.25) is 0 Å². The Bertz CT molecular complexity index is 800. The van der Waals surface area contributed by atoms with Gasteiger partial charge in [0.25, 0.3) is 0 Å². The Labute approximate surface area is 200 Å². The molecule has 2 heterocycles. The van der Waals surface area contributed by atoms with Gasteiger partial charge < -0.3 is 20.5 Å². The molecule has 0 radical (unpaired) electrons. The molecule has 166 valence electrons. The SMILES string of the molecule is CCNC(=NCc1cccc(OC)c1O)NCC1CCCN(C)C1c1cccs1.I. The second kappa shape index (κ2) is 12.4. The fourth-order valence-corrected chi connectivity index (χ4v) is 4.96. The third-order valence-electron chi connectivity index (χ3n) is 5.43. The number of benzene rings is 1. The number of aromatic hydroxyl groups is 1. The number of ether oxygens (including phenoxy) is 1. The number of para-hydroxylation sites is 1. The molecule has 0 saturated carbocycles. The van der Waals surface area contributed by atoms with Crippen LogP contribution in [0.25, 0.3) is 0 Å². The van der Waals surface area contributed by atoms with Crippen LogP contribution in [-0.2, 0) is 6.54 Å². The molecule has 3 N–H and O–H groups in total. The quantitative estimate of drug-likeness (QED) is 0.277. The summed E-state index contributed by atoms with van der Waals surface area (Å²) in [4.78, 5) is 8.58. The molecule has 2 unspecified atom stereocenters. The molecule has 0 bridgehead atoms. The summed E-state index contributed by atoms with van der Waals surface area (Å²) >= 11 is 1.84. The number of hydrogen-bond donors (Lipinski definition) is 3. The number of thiophene rings is 1. The van der Waals surface area contributed by atoms with Crippen molar-refractivity contribution in [3.63, 3.8) is 0 Å². The standard InChI is InChI=1S/C22H32N4O2S.HI/c1-4-23-22(25-15-17-8-5-10-18(28-3)21(17)27)24-14-16-9-6-12-26(2)20(16)19-11-7-13-29-19;/h5,7-8,10-11,13,16,20,27H,4,6,9,12,14-15H2,1-3H3,(H2,23,24,25);1H. The fourth-order valence-electron chi connectivity index (χ4n) is 3.98. The summed E-state index contributed by atoms with van der Waals surface area (Å²) in [5.41, 5.74) is 0.746. The zero-order valence-electron chi connectivity index (χ0n) is 17.9. The van der Waals surface area contributed by atoms with Crippen molar-refractivity contribution in [2.24, 2.45) is 10.9 Å². The Morgan fingerprint density at radius 2 is 2.13 bits per heavy atom. The number of guanidine groups is 1. The topological polar surface area (TPSA) is 69.1 Å². The molecular formula is C22H33IN4O2S. The zero-order valence-corrected chi connectivity index (χ0v) is 21.1. The van der Waals surface area contributed by atoms with Crippen molar-refractivity contribution in [2.75, 3.05) is 33.8 Å². The van der Waals surface area contributed by atoms with Gasteiger partial charge in [0.05, 0.1) is 13.7 Å². The van der Waals surface area contributed by atoms with E-state index in [9.17, 15) is 5.11 Å². The highest BCUT2D eigenvalue weighted by Gasteiger charge is 2.31. The first-order valence-corrected chi connectivity index (χ1v) is 11.1. The Hall–Kier alpha value is -1.52. The minimum atomic E-state index is 0. The molecule has 0 spiro atoms. The van der Waals surface area contributed by atoms with Gasteiger partial charge in [-0.15, -0.1) is 35.3 Å². The maximum atomic E-state index is 10.3. The van der Waals surface area contributed by atoms with E-state index in [0.717, 1.165) is 31.2 Å². The number of piperidine rings is 1. The number of hydrogen-bond acceptors (Lipinski definition) is 5. The number of rotatable bonds is 7. The van der Waals surface area contributed by atoms with E-state index in [1.165, 1.54) is 17.7 Å². The van der Waals surface area contributed by atoms with Gasteiger partial charge in [-0.3, -0.25) is 4.90 Å². The molecule has 2 aromatic rings. The normalized spacial score (nSPS) is 19.8. The Balaban J connectivity index is 0.00000320. The van der Waals surface area contributed by atoms with Gasteiger partial charge in [0.1, 0.15) is 0 Å². The second-order valence-corrected chi connectivity index (χ2v) is 8.37. The van der Waals surface area contributed by atoms with Gasteiger partial charge in [-0.2, -0.15) is 0 Å². The van der Waals surface area contributed by atoms with Crippen molar-refractivity contribution in [2.45, 2.75) is 32.4 Å². The van der Waals surface area contributed by atoms with Gasteiger partial charge >= 0.3 is 0 Å². The first-order chi connectivity index (χ1) is 14.1. The van der Waals surface area contributed by atoms with Crippen LogP contribution in [0.1, 0.15) is 36.2 Å². The lowest BCUT2D eigenvalue weighted by atomic mass is 9.88. The Morgan fingerprint density at radius 1 is 1.30 bits per heavy atom. The maximum Gasteiger partial charge on any atom is 0.191 e. The number of aliphatic imine (C=N–C) groups is 1. The molecule has 3 rings (SSSR count). The van der Waals surface area contributed by atoms with E-state index in [0.29, 0.717) is 24.3 Å². The highest BCUT2D eigenvalue weighted by molar-refractivity contribution is 14.0. The van der Waals surface area contributed by atoms with Gasteiger partial charge in [-0.05, 0) is 56.8 Å². The lowest BCUT2D eigenvalue weighted by molar-refractivity contribution is 0.125. The summed E-state index contributed by atoms with van der Waals surface area (Å²) in [6.07, 6.45) is 2.42. The summed E-state index contributed by atoms with van der Waals surface area (Å²) in [7, 11) is 3.78. The van der Waals surface area contributed by atoms with Crippen LogP contribution >= 0.6 is 35.3 Å². The molecule has 1 aliphatic heterocycles. The van der Waals surface area contributed by atoms with Crippen LogP contribution in [0.3, 0.4) is 0 Å².